The number of carbonyl (C=O) groups is 15. The molecule has 3 heterocycles. The van der Waals surface area contributed by atoms with Crippen LogP contribution < -0.4 is 64.6 Å². The molecule has 19 N–H and O–H groups in total. The number of carboxylic acids is 3. The molecule has 7 aromatic rings. The highest BCUT2D eigenvalue weighted by molar-refractivity contribution is 7.98. The molecule has 1 aliphatic rings. The lowest BCUT2D eigenvalue weighted by Crippen LogP contribution is -2.60. The number of rotatable bonds is 46. The maximum Gasteiger partial charge on any atom is 0.317 e. The molecule has 125 heavy (non-hydrogen) atoms. The number of nitrogens with one attached hydrogen (secondary N) is 12. The van der Waals surface area contributed by atoms with E-state index in [-0.39, 0.29) is 103 Å². The van der Waals surface area contributed by atoms with Crippen molar-refractivity contribution in [2.45, 2.75) is 140 Å². The van der Waals surface area contributed by atoms with E-state index in [2.05, 4.69) is 68.1 Å². The number of hydrogen-bond donors (Lipinski definition) is 17. The van der Waals surface area contributed by atoms with Crippen LogP contribution in [0.2, 0.25) is 0 Å². The van der Waals surface area contributed by atoms with Crippen LogP contribution in [0.1, 0.15) is 82.7 Å². The van der Waals surface area contributed by atoms with Crippen molar-refractivity contribution in [2.75, 3.05) is 97.1 Å². The van der Waals surface area contributed by atoms with Gasteiger partial charge in [-0.1, -0.05) is 143 Å². The third kappa shape index (κ3) is 32.2. The first-order valence-corrected chi connectivity index (χ1v) is 42.8. The molecule has 37 nitrogen and oxygen atoms in total. The van der Waals surface area contributed by atoms with E-state index in [4.69, 9.17) is 11.5 Å². The number of fused-ring (bicyclic) bond motifs is 2. The number of hydrogen-bond acceptors (Lipinski definition) is 21. The standard InChI is InChI=1S/C87H115N19O18S/c1-52(2)39-67(83(120)97-65(79(89)116)29-38-125-6)99-86(123)71(43-61-45-90-51-93-61)95-73(108)46-92-87(124)78(53(3)4)102-80(117)54(5)94-82(119)70(42-60-44-91-64-22-13-12-21-63(60)64)101-81(118)66(27-28-72(88)107)98-84(121)68(40-55-23-25-57(26-24-55)56-15-8-7-9-16-56)100-85(122)69(41-59-19-14-18-58-17-10-11-20-62(58)59)96-74(109)47-103-30-32-104(48-75(110)111)34-36-106(50-77(114)115)37-35-105(33-31-103)49-76(112)113/h7-26,44-45,51-54,65-71,78,91H,27-43,46-50H2,1-6H3,(H2,88,107)(H2,89,116)(H,90,93)(H,92,124)(H,94,119)(H,95,108)(H,96,109)(H,97,120)(H,98,121)(H,99,123)(H,100,122)(H,101,118)(H,102,117)(H,110,111)(H,112,113)(H,114,115)/t54-,65-,66-,67-,68-,69-,70-,71-,78-/m0/s1. The van der Waals surface area contributed by atoms with Crippen molar-refractivity contribution in [1.29, 1.82) is 0 Å². The van der Waals surface area contributed by atoms with E-state index < -0.39 is 188 Å². The summed E-state index contributed by atoms with van der Waals surface area (Å²) in [6, 6.07) is 23.8. The number of imidazole rings is 1. The summed E-state index contributed by atoms with van der Waals surface area (Å²) in [5, 5.41) is 58.7. The smallest absolute Gasteiger partial charge is 0.317 e. The molecule has 0 bridgehead atoms. The number of H-pyrrole nitrogens is 2. The summed E-state index contributed by atoms with van der Waals surface area (Å²) >= 11 is 1.45. The van der Waals surface area contributed by atoms with Gasteiger partial charge in [0.25, 0.3) is 0 Å². The number of benzene rings is 5. The molecule has 1 saturated heterocycles. The molecular formula is C87H115N19O18S. The Hall–Kier alpha value is -12.7. The molecule has 2 aromatic heterocycles. The minimum atomic E-state index is -1.69. The molecule has 5 aromatic carbocycles. The lowest BCUT2D eigenvalue weighted by Gasteiger charge is -2.33. The van der Waals surface area contributed by atoms with Crippen LogP contribution in [0, 0.1) is 11.8 Å². The topological polar surface area (TPSA) is 547 Å². The second-order valence-electron chi connectivity index (χ2n) is 31.8. The van der Waals surface area contributed by atoms with Gasteiger partial charge in [-0.25, -0.2) is 4.98 Å². The number of primary amides is 2. The molecule has 0 unspecified atom stereocenters. The Kier molecular flexibility index (Phi) is 38.3. The summed E-state index contributed by atoms with van der Waals surface area (Å²) in [4.78, 5) is 224. The lowest BCUT2D eigenvalue weighted by molar-refractivity contribution is -0.140. The minimum Gasteiger partial charge on any atom is -0.480 e. The van der Waals surface area contributed by atoms with Crippen molar-refractivity contribution < 1.29 is 87.2 Å². The number of aromatic nitrogens is 3. The summed E-state index contributed by atoms with van der Waals surface area (Å²) in [7, 11) is 0. The van der Waals surface area contributed by atoms with Gasteiger partial charge in [-0.3, -0.25) is 91.5 Å². The van der Waals surface area contributed by atoms with Gasteiger partial charge in [0.2, 0.25) is 70.9 Å². The fourth-order valence-electron chi connectivity index (χ4n) is 14.4. The fourth-order valence-corrected chi connectivity index (χ4v) is 14.9. The zero-order valence-corrected chi connectivity index (χ0v) is 71.8. The van der Waals surface area contributed by atoms with Crippen LogP contribution in [0.3, 0.4) is 0 Å². The number of thioether (sulfide) groups is 1. The molecule has 1 fully saturated rings. The van der Waals surface area contributed by atoms with Crippen molar-refractivity contribution >= 4 is 122 Å². The zero-order chi connectivity index (χ0) is 90.8. The highest BCUT2D eigenvalue weighted by Gasteiger charge is 2.37. The number of nitrogens with zero attached hydrogens (tertiary/aromatic N) is 5. The number of carbonyl (C=O) groups excluding carboxylic acids is 12. The predicted molar refractivity (Wildman–Crippen MR) is 467 cm³/mol. The molecule has 0 saturated carbocycles. The van der Waals surface area contributed by atoms with E-state index in [1.54, 1.807) is 94.2 Å². The van der Waals surface area contributed by atoms with Crippen LogP contribution in [0.4, 0.5) is 0 Å². The Balaban J connectivity index is 1.03. The summed E-state index contributed by atoms with van der Waals surface area (Å²) < 4.78 is 0. The molecule has 1 aliphatic heterocycles. The Morgan fingerprint density at radius 2 is 0.928 bits per heavy atom. The van der Waals surface area contributed by atoms with Crippen LogP contribution in [-0.2, 0) is 97.6 Å². The Labute approximate surface area is 728 Å². The van der Waals surface area contributed by atoms with E-state index in [0.29, 0.717) is 39.0 Å². The third-order valence-electron chi connectivity index (χ3n) is 21.2. The second-order valence-corrected chi connectivity index (χ2v) is 32.8. The van der Waals surface area contributed by atoms with Crippen molar-refractivity contribution in [1.82, 2.24) is 87.7 Å². The van der Waals surface area contributed by atoms with Crippen molar-refractivity contribution in [3.8, 4) is 11.1 Å². The number of para-hydroxylation sites is 1. The number of aromatic amines is 2. The van der Waals surface area contributed by atoms with Crippen LogP contribution in [0.5, 0.6) is 0 Å². The average molecular weight is 1750 g/mol. The first kappa shape index (κ1) is 97.8. The molecule has 38 heteroatoms. The van der Waals surface area contributed by atoms with Gasteiger partial charge in [-0.05, 0) is 94.7 Å². The SMILES string of the molecule is CSCC[C@H](NC(=O)[C@H](CC(C)C)NC(=O)[C@H](Cc1cnc[nH]1)NC(=O)CNC(=O)[C@@H](NC(=O)[C@H](C)NC(=O)[C@H](Cc1c[nH]c2ccccc12)NC(=O)[C@H](CCC(N)=O)NC(=O)[C@H](Cc1ccc(-c2ccccc2)cc1)NC(=O)[C@H](Cc1cccc2ccccc12)NC(=O)CN1CCN(CC(=O)O)CCN(CC(=O)O)CCN(CC(=O)O)CC1)C(C)C)C(N)=O. The highest BCUT2D eigenvalue weighted by Crippen LogP contribution is 2.24. The number of carboxylic acid groups (broad SMARTS) is 3. The van der Waals surface area contributed by atoms with E-state index in [1.165, 1.54) is 31.2 Å². The van der Waals surface area contributed by atoms with Gasteiger partial charge >= 0.3 is 17.9 Å². The fraction of sp³-hybridized carbons (Fsp3) is 0.448. The Morgan fingerprint density at radius 1 is 0.448 bits per heavy atom. The summed E-state index contributed by atoms with van der Waals surface area (Å²) in [5.74, 6) is -13.8. The van der Waals surface area contributed by atoms with Crippen LogP contribution in [0.25, 0.3) is 32.8 Å². The molecule has 672 valence electrons. The average Bonchev–Trinajstić information content (AvgIpc) is 1.81. The van der Waals surface area contributed by atoms with Crippen LogP contribution in [0.15, 0.2) is 140 Å². The van der Waals surface area contributed by atoms with Crippen LogP contribution in [-0.4, -0.2) is 290 Å². The molecule has 8 rings (SSSR count). The summed E-state index contributed by atoms with van der Waals surface area (Å²) in [6.45, 7) is 6.61. The monoisotopic (exact) mass is 1750 g/mol. The van der Waals surface area contributed by atoms with Gasteiger partial charge in [0, 0.05) is 113 Å². The van der Waals surface area contributed by atoms with Crippen LogP contribution >= 0.6 is 11.8 Å². The largest absolute Gasteiger partial charge is 0.480 e. The van der Waals surface area contributed by atoms with E-state index in [0.717, 1.165) is 21.9 Å². The van der Waals surface area contributed by atoms with Gasteiger partial charge in [-0.2, -0.15) is 11.8 Å². The second kappa shape index (κ2) is 49.0. The van der Waals surface area contributed by atoms with Crippen molar-refractivity contribution in [2.24, 2.45) is 23.3 Å². The highest BCUT2D eigenvalue weighted by atomic mass is 32.2. The quantitative estimate of drug-likeness (QED) is 0.0242. The first-order chi connectivity index (χ1) is 59.7. The summed E-state index contributed by atoms with van der Waals surface area (Å²) in [5.41, 5.74) is 15.8. The molecule has 0 radical (unpaired) electrons. The molecule has 0 spiro atoms. The normalized spacial score (nSPS) is 15.4. The Bertz CT molecular complexity index is 4820. The Morgan fingerprint density at radius 3 is 1.49 bits per heavy atom. The van der Waals surface area contributed by atoms with E-state index >= 15 is 14.4 Å². The van der Waals surface area contributed by atoms with E-state index in [1.807, 2.05) is 86.8 Å². The zero-order valence-electron chi connectivity index (χ0n) is 71.0. The van der Waals surface area contributed by atoms with E-state index in [9.17, 15) is 72.9 Å². The maximum absolute atomic E-state index is 15.5. The van der Waals surface area contributed by atoms with Gasteiger partial charge in [0.15, 0.2) is 0 Å². The van der Waals surface area contributed by atoms with Gasteiger partial charge in [0.05, 0.1) is 39.1 Å². The summed E-state index contributed by atoms with van der Waals surface area (Å²) in [6.07, 6.45) is 4.88. The number of aliphatic carboxylic acids is 3. The van der Waals surface area contributed by atoms with Gasteiger partial charge in [0.1, 0.15) is 54.4 Å². The molecule has 12 amide bonds. The molecule has 0 aliphatic carbocycles. The molecule has 9 atom stereocenters. The number of nitrogens with two attached hydrogens (primary N) is 2. The lowest BCUT2D eigenvalue weighted by atomic mass is 9.97. The van der Waals surface area contributed by atoms with Gasteiger partial charge < -0.3 is 89.9 Å². The first-order valence-electron chi connectivity index (χ1n) is 41.4. The van der Waals surface area contributed by atoms with Crippen molar-refractivity contribution in [3.63, 3.8) is 0 Å². The maximum atomic E-state index is 15.5. The van der Waals surface area contributed by atoms with Crippen molar-refractivity contribution in [3.05, 3.63) is 162 Å². The number of amides is 12. The van der Waals surface area contributed by atoms with Gasteiger partial charge in [-0.15, -0.1) is 0 Å². The minimum absolute atomic E-state index is 0.0628. The molecular weight excluding hydrogens is 1630 g/mol. The third-order valence-corrected chi connectivity index (χ3v) is 21.8. The predicted octanol–water partition coefficient (Wildman–Crippen LogP) is 0.162.